The van der Waals surface area contributed by atoms with E-state index in [2.05, 4.69) is 0 Å². The molecule has 0 radical (unpaired) electrons. The van der Waals surface area contributed by atoms with Crippen LogP contribution in [0.15, 0.2) is 0 Å². The third-order valence-corrected chi connectivity index (χ3v) is 4.92. The Kier molecular flexibility index (Phi) is 2.58. The first-order valence-corrected chi connectivity index (χ1v) is 6.51. The number of carbonyl (C=O) groups is 2. The van der Waals surface area contributed by atoms with Crippen LogP contribution in [0.2, 0.25) is 0 Å². The maximum Gasteiger partial charge on any atom is 0.450 e. The minimum absolute atomic E-state index is 0.294. The van der Waals surface area contributed by atoms with Gasteiger partial charge >= 0.3 is 6.18 Å². The molecule has 4 saturated carbocycles. The van der Waals surface area contributed by atoms with Gasteiger partial charge in [0.05, 0.1) is 5.92 Å². The van der Waals surface area contributed by atoms with Crippen LogP contribution >= 0.6 is 0 Å². The normalized spacial score (nSPS) is 43.1. The summed E-state index contributed by atoms with van der Waals surface area (Å²) in [6, 6.07) is 0. The van der Waals surface area contributed by atoms with Crippen molar-refractivity contribution in [1.82, 2.24) is 0 Å². The van der Waals surface area contributed by atoms with E-state index in [1.807, 2.05) is 0 Å². The summed E-state index contributed by atoms with van der Waals surface area (Å²) in [7, 11) is 0. The summed E-state index contributed by atoms with van der Waals surface area (Å²) in [6.45, 7) is 0. The predicted octanol–water partition coefficient (Wildman–Crippen LogP) is 2.76. The molecule has 4 aliphatic carbocycles. The summed E-state index contributed by atoms with van der Waals surface area (Å²) in [5.74, 6) is -3.55. The molecule has 0 aromatic heterocycles. The highest BCUT2D eigenvalue weighted by molar-refractivity contribution is 6.06. The van der Waals surface area contributed by atoms with Crippen LogP contribution in [0.25, 0.3) is 0 Å². The first-order valence-electron chi connectivity index (χ1n) is 6.51. The Morgan fingerprint density at radius 2 is 1.56 bits per heavy atom. The molecule has 5 atom stereocenters. The molecule has 0 spiro atoms. The quantitative estimate of drug-likeness (QED) is 0.679. The Morgan fingerprint density at radius 1 is 1.00 bits per heavy atom. The molecule has 2 nitrogen and oxygen atoms in total. The van der Waals surface area contributed by atoms with E-state index >= 15 is 0 Å². The number of halogens is 3. The first-order chi connectivity index (χ1) is 8.36. The molecule has 0 aromatic rings. The van der Waals surface area contributed by atoms with Crippen molar-refractivity contribution in [2.45, 2.75) is 38.3 Å². The third-order valence-electron chi connectivity index (χ3n) is 4.92. The van der Waals surface area contributed by atoms with Gasteiger partial charge < -0.3 is 0 Å². The fourth-order valence-corrected chi connectivity index (χ4v) is 4.41. The van der Waals surface area contributed by atoms with Crippen molar-refractivity contribution < 1.29 is 22.8 Å². The zero-order valence-corrected chi connectivity index (χ0v) is 9.87. The monoisotopic (exact) mass is 260 g/mol. The third kappa shape index (κ3) is 1.79. The fourth-order valence-electron chi connectivity index (χ4n) is 4.41. The number of fused-ring (bicyclic) bond motifs is 1. The van der Waals surface area contributed by atoms with E-state index in [1.165, 1.54) is 0 Å². The highest BCUT2D eigenvalue weighted by Crippen LogP contribution is 2.52. The van der Waals surface area contributed by atoms with E-state index in [0.717, 1.165) is 6.42 Å². The molecule has 100 valence electrons. The molecule has 18 heavy (non-hydrogen) atoms. The highest BCUT2D eigenvalue weighted by atomic mass is 19.4. The van der Waals surface area contributed by atoms with Crippen LogP contribution in [-0.4, -0.2) is 17.7 Å². The number of rotatable bonds is 1. The van der Waals surface area contributed by atoms with E-state index in [9.17, 15) is 22.8 Å². The molecule has 0 aromatic carbocycles. The Balaban J connectivity index is 1.95. The predicted molar refractivity (Wildman–Crippen MR) is 56.6 cm³/mol. The minimum Gasteiger partial charge on any atom is -0.299 e. The second-order valence-electron chi connectivity index (χ2n) is 6.11. The van der Waals surface area contributed by atoms with Crippen LogP contribution in [0.3, 0.4) is 0 Å². The lowest BCUT2D eigenvalue weighted by molar-refractivity contribution is -0.179. The van der Waals surface area contributed by atoms with Gasteiger partial charge in [0.25, 0.3) is 0 Å². The average molecular weight is 260 g/mol. The average Bonchev–Trinajstić information content (AvgIpc) is 2.39. The van der Waals surface area contributed by atoms with Gasteiger partial charge in [-0.2, -0.15) is 13.2 Å². The molecule has 0 heterocycles. The number of hydrogen-bond acceptors (Lipinski definition) is 2. The Hall–Kier alpha value is -0.870. The van der Waals surface area contributed by atoms with Gasteiger partial charge in [0, 0.05) is 5.92 Å². The molecule has 4 bridgehead atoms. The molecule has 0 aliphatic heterocycles. The van der Waals surface area contributed by atoms with Crippen LogP contribution in [0.1, 0.15) is 32.1 Å². The van der Waals surface area contributed by atoms with Gasteiger partial charge in [-0.05, 0) is 49.9 Å². The molecule has 4 rings (SSSR count). The number of Topliss-reactive ketones (excluding diaryl/α,β-unsaturated/α-hetero) is 2. The lowest BCUT2D eigenvalue weighted by atomic mass is 9.67. The fraction of sp³-hybridized carbons (Fsp3) is 0.846. The molecular formula is C13H15F3O2. The maximum atomic E-state index is 12.6. The summed E-state index contributed by atoms with van der Waals surface area (Å²) in [6.07, 6.45) is -1.17. The summed E-state index contributed by atoms with van der Waals surface area (Å²) in [4.78, 5) is 23.7. The topological polar surface area (TPSA) is 34.1 Å². The number of ketones is 2. The standard InChI is InChI=1S/C13H15F3O2/c14-13(15,16)12(18)10-8-2-6-1-7(3-8)5-9(4-6)11(10)17/h6-10H,1-5H2/t6-,7+,8?,9?,10?. The number of alkyl halides is 3. The molecule has 5 heteroatoms. The van der Waals surface area contributed by atoms with Crippen molar-refractivity contribution in [1.29, 1.82) is 0 Å². The van der Waals surface area contributed by atoms with Gasteiger partial charge in [0.2, 0.25) is 5.78 Å². The van der Waals surface area contributed by atoms with Gasteiger partial charge in [-0.3, -0.25) is 9.59 Å². The molecule has 3 unspecified atom stereocenters. The van der Waals surface area contributed by atoms with Crippen molar-refractivity contribution in [3.8, 4) is 0 Å². The second-order valence-corrected chi connectivity index (χ2v) is 6.11. The van der Waals surface area contributed by atoms with E-state index in [1.54, 1.807) is 0 Å². The van der Waals surface area contributed by atoms with E-state index < -0.39 is 23.7 Å². The molecule has 0 N–H and O–H groups in total. The Morgan fingerprint density at radius 3 is 2.06 bits per heavy atom. The van der Waals surface area contributed by atoms with Crippen molar-refractivity contribution in [3.63, 3.8) is 0 Å². The van der Waals surface area contributed by atoms with Crippen LogP contribution in [0.4, 0.5) is 13.2 Å². The summed E-state index contributed by atoms with van der Waals surface area (Å²) >= 11 is 0. The molecule has 0 amide bonds. The van der Waals surface area contributed by atoms with E-state index in [0.29, 0.717) is 37.5 Å². The summed E-state index contributed by atoms with van der Waals surface area (Å²) in [5, 5.41) is 0. The molecule has 0 saturated heterocycles. The van der Waals surface area contributed by atoms with Crippen molar-refractivity contribution >= 4 is 11.6 Å². The van der Waals surface area contributed by atoms with E-state index in [4.69, 9.17) is 0 Å². The molecule has 4 aliphatic rings. The van der Waals surface area contributed by atoms with Gasteiger partial charge in [0.1, 0.15) is 5.78 Å². The highest BCUT2D eigenvalue weighted by Gasteiger charge is 2.55. The summed E-state index contributed by atoms with van der Waals surface area (Å²) in [5.41, 5.74) is 0. The lowest BCUT2D eigenvalue weighted by Gasteiger charge is -2.38. The maximum absolute atomic E-state index is 12.6. The van der Waals surface area contributed by atoms with Crippen LogP contribution in [0, 0.1) is 29.6 Å². The van der Waals surface area contributed by atoms with Gasteiger partial charge in [0.15, 0.2) is 0 Å². The minimum atomic E-state index is -4.87. The zero-order valence-electron chi connectivity index (χ0n) is 9.87. The number of carbonyl (C=O) groups excluding carboxylic acids is 2. The van der Waals surface area contributed by atoms with Crippen molar-refractivity contribution in [3.05, 3.63) is 0 Å². The smallest absolute Gasteiger partial charge is 0.299 e. The van der Waals surface area contributed by atoms with Crippen molar-refractivity contribution in [2.24, 2.45) is 29.6 Å². The van der Waals surface area contributed by atoms with Gasteiger partial charge in [-0.15, -0.1) is 0 Å². The van der Waals surface area contributed by atoms with E-state index in [-0.39, 0.29) is 11.8 Å². The molecule has 4 fully saturated rings. The molecular weight excluding hydrogens is 245 g/mol. The second kappa shape index (κ2) is 3.81. The Bertz CT molecular complexity index is 388. The van der Waals surface area contributed by atoms with Gasteiger partial charge in [-0.1, -0.05) is 0 Å². The zero-order chi connectivity index (χ0) is 13.1. The van der Waals surface area contributed by atoms with Gasteiger partial charge in [-0.25, -0.2) is 0 Å². The van der Waals surface area contributed by atoms with Crippen molar-refractivity contribution in [2.75, 3.05) is 0 Å². The SMILES string of the molecule is O=C1C2C[C@@H]3CC(C[C@H](C2)C3)C1C(=O)C(F)(F)F. The Labute approximate surface area is 103 Å². The van der Waals surface area contributed by atoms with Crippen LogP contribution in [-0.2, 0) is 9.59 Å². The summed E-state index contributed by atoms with van der Waals surface area (Å²) < 4.78 is 37.8. The largest absolute Gasteiger partial charge is 0.450 e. The van der Waals surface area contributed by atoms with Crippen LogP contribution in [0.5, 0.6) is 0 Å². The first kappa shape index (κ1) is 12.2. The number of hydrogen-bond donors (Lipinski definition) is 0. The van der Waals surface area contributed by atoms with Crippen LogP contribution < -0.4 is 0 Å². The lowest BCUT2D eigenvalue weighted by Crippen LogP contribution is -2.40.